The molecule has 0 saturated carbocycles. The molecular formula is C13H11NO5. The molecule has 0 spiro atoms. The molecule has 0 radical (unpaired) electrons. The minimum atomic E-state index is -0.598. The number of hydrogen-bond acceptors (Lipinski definition) is 5. The quantitative estimate of drug-likeness (QED) is 0.752. The van der Waals surface area contributed by atoms with Gasteiger partial charge in [-0.3, -0.25) is 9.59 Å². The van der Waals surface area contributed by atoms with E-state index in [0.29, 0.717) is 18.3 Å². The predicted molar refractivity (Wildman–Crippen MR) is 62.0 cm³/mol. The number of benzene rings is 1. The molecule has 2 heterocycles. The van der Waals surface area contributed by atoms with Crippen molar-refractivity contribution in [2.75, 3.05) is 13.2 Å². The van der Waals surface area contributed by atoms with Crippen molar-refractivity contribution in [3.05, 3.63) is 35.4 Å². The van der Waals surface area contributed by atoms with E-state index in [2.05, 4.69) is 0 Å². The van der Waals surface area contributed by atoms with Gasteiger partial charge in [-0.2, -0.15) is 0 Å². The monoisotopic (exact) mass is 261 g/mol. The lowest BCUT2D eigenvalue weighted by molar-refractivity contribution is -0.173. The molecule has 2 aliphatic rings. The minimum Gasteiger partial charge on any atom is -0.381 e. The van der Waals surface area contributed by atoms with Crippen molar-refractivity contribution in [3.63, 3.8) is 0 Å². The predicted octanol–water partition coefficient (Wildman–Crippen LogP) is 0.777. The van der Waals surface area contributed by atoms with Gasteiger partial charge < -0.3 is 9.57 Å². The summed E-state index contributed by atoms with van der Waals surface area (Å²) in [7, 11) is 0. The van der Waals surface area contributed by atoms with E-state index in [4.69, 9.17) is 9.57 Å². The first-order valence-electron chi connectivity index (χ1n) is 5.93. The summed E-state index contributed by atoms with van der Waals surface area (Å²) in [5, 5.41) is 0.534. The molecule has 98 valence electrons. The Hall–Kier alpha value is -2.21. The smallest absolute Gasteiger partial charge is 0.333 e. The molecule has 0 aromatic heterocycles. The number of carbonyl (C=O) groups excluding carboxylic acids is 3. The molecule has 0 atom stereocenters. The van der Waals surface area contributed by atoms with Gasteiger partial charge in [-0.25, -0.2) is 4.79 Å². The van der Waals surface area contributed by atoms with Gasteiger partial charge in [-0.05, 0) is 12.1 Å². The Morgan fingerprint density at radius 2 is 1.79 bits per heavy atom. The summed E-state index contributed by atoms with van der Waals surface area (Å²) in [6.07, 6.45) is 0.146. The van der Waals surface area contributed by atoms with Crippen LogP contribution in [0.4, 0.5) is 0 Å². The molecule has 0 unspecified atom stereocenters. The molecule has 0 bridgehead atoms. The first-order valence-corrected chi connectivity index (χ1v) is 5.93. The zero-order valence-electron chi connectivity index (χ0n) is 10.00. The van der Waals surface area contributed by atoms with Crippen molar-refractivity contribution in [1.29, 1.82) is 0 Å². The summed E-state index contributed by atoms with van der Waals surface area (Å²) < 4.78 is 4.94. The third-order valence-electron chi connectivity index (χ3n) is 3.11. The SMILES string of the molecule is O=C(CC1COC1)ON1C(=O)c2ccccc2C1=O. The van der Waals surface area contributed by atoms with E-state index >= 15 is 0 Å². The molecule has 0 N–H and O–H groups in total. The average Bonchev–Trinajstić information content (AvgIpc) is 2.60. The van der Waals surface area contributed by atoms with Crippen LogP contribution >= 0.6 is 0 Å². The molecule has 6 heteroatoms. The Balaban J connectivity index is 1.71. The highest BCUT2D eigenvalue weighted by Gasteiger charge is 2.39. The van der Waals surface area contributed by atoms with E-state index in [9.17, 15) is 14.4 Å². The van der Waals surface area contributed by atoms with Crippen molar-refractivity contribution in [2.24, 2.45) is 5.92 Å². The largest absolute Gasteiger partial charge is 0.381 e. The molecule has 6 nitrogen and oxygen atoms in total. The first-order chi connectivity index (χ1) is 9.16. The molecular weight excluding hydrogens is 250 g/mol. The van der Waals surface area contributed by atoms with Crippen molar-refractivity contribution in [3.8, 4) is 0 Å². The second-order valence-electron chi connectivity index (χ2n) is 4.52. The van der Waals surface area contributed by atoms with E-state index in [1.165, 1.54) is 12.1 Å². The summed E-state index contributed by atoms with van der Waals surface area (Å²) in [5.74, 6) is -1.68. The molecule has 3 rings (SSSR count). The summed E-state index contributed by atoms with van der Waals surface area (Å²) in [6, 6.07) is 6.37. The maximum Gasteiger partial charge on any atom is 0.333 e. The summed E-state index contributed by atoms with van der Waals surface area (Å²) in [4.78, 5) is 40.3. The van der Waals surface area contributed by atoms with E-state index in [0.717, 1.165) is 0 Å². The molecule has 1 aromatic carbocycles. The number of nitrogens with zero attached hydrogens (tertiary/aromatic N) is 1. The van der Waals surface area contributed by atoms with Gasteiger partial charge in [0.15, 0.2) is 0 Å². The summed E-state index contributed by atoms with van der Waals surface area (Å²) in [6.45, 7) is 1.02. The van der Waals surface area contributed by atoms with Gasteiger partial charge in [0.05, 0.1) is 30.8 Å². The Labute approximate surface area is 108 Å². The summed E-state index contributed by atoms with van der Waals surface area (Å²) in [5.41, 5.74) is 0.513. The lowest BCUT2D eigenvalue weighted by Gasteiger charge is -2.25. The lowest BCUT2D eigenvalue weighted by atomic mass is 10.1. The van der Waals surface area contributed by atoms with E-state index in [-0.39, 0.29) is 23.5 Å². The van der Waals surface area contributed by atoms with Gasteiger partial charge >= 0.3 is 5.97 Å². The lowest BCUT2D eigenvalue weighted by Crippen LogP contribution is -2.36. The van der Waals surface area contributed by atoms with Crippen LogP contribution in [-0.4, -0.2) is 36.1 Å². The molecule has 2 amide bonds. The van der Waals surface area contributed by atoms with Crippen LogP contribution in [0.25, 0.3) is 0 Å². The molecule has 19 heavy (non-hydrogen) atoms. The molecule has 2 aliphatic heterocycles. The standard InChI is InChI=1S/C13H11NO5/c15-11(5-8-6-18-7-8)19-14-12(16)9-3-1-2-4-10(9)13(14)17/h1-4,8H,5-7H2. The van der Waals surface area contributed by atoms with Crippen LogP contribution in [-0.2, 0) is 14.4 Å². The Bertz CT molecular complexity index is 529. The van der Waals surface area contributed by atoms with Gasteiger partial charge in [0.2, 0.25) is 0 Å². The van der Waals surface area contributed by atoms with E-state index in [1.54, 1.807) is 12.1 Å². The van der Waals surface area contributed by atoms with E-state index in [1.807, 2.05) is 0 Å². The Kier molecular flexibility index (Phi) is 2.79. The second-order valence-corrected chi connectivity index (χ2v) is 4.52. The Morgan fingerprint density at radius 1 is 1.21 bits per heavy atom. The second kappa shape index (κ2) is 4.47. The minimum absolute atomic E-state index is 0.114. The topological polar surface area (TPSA) is 72.9 Å². The zero-order chi connectivity index (χ0) is 13.4. The maximum absolute atomic E-state index is 11.9. The van der Waals surface area contributed by atoms with Crippen molar-refractivity contribution in [2.45, 2.75) is 6.42 Å². The molecule has 0 aliphatic carbocycles. The number of imide groups is 1. The van der Waals surface area contributed by atoms with Gasteiger partial charge in [0.25, 0.3) is 11.8 Å². The van der Waals surface area contributed by atoms with Crippen LogP contribution in [0.15, 0.2) is 24.3 Å². The number of hydrogen-bond donors (Lipinski definition) is 0. The van der Waals surface area contributed by atoms with Gasteiger partial charge in [-0.1, -0.05) is 17.2 Å². The molecule has 1 aromatic rings. The van der Waals surface area contributed by atoms with Crippen LogP contribution in [0.5, 0.6) is 0 Å². The van der Waals surface area contributed by atoms with Crippen LogP contribution in [0.1, 0.15) is 27.1 Å². The maximum atomic E-state index is 11.9. The third kappa shape index (κ3) is 2.00. The first kappa shape index (κ1) is 11.9. The summed E-state index contributed by atoms with van der Waals surface area (Å²) >= 11 is 0. The fourth-order valence-corrected chi connectivity index (χ4v) is 2.03. The molecule has 1 fully saturated rings. The third-order valence-corrected chi connectivity index (χ3v) is 3.11. The number of rotatable bonds is 3. The van der Waals surface area contributed by atoms with Crippen LogP contribution in [0.3, 0.4) is 0 Å². The highest BCUT2D eigenvalue weighted by Crippen LogP contribution is 2.23. The van der Waals surface area contributed by atoms with Crippen molar-refractivity contribution in [1.82, 2.24) is 5.06 Å². The van der Waals surface area contributed by atoms with Gasteiger partial charge in [0.1, 0.15) is 0 Å². The van der Waals surface area contributed by atoms with Crippen molar-refractivity contribution >= 4 is 17.8 Å². The number of ether oxygens (including phenoxy) is 1. The van der Waals surface area contributed by atoms with Crippen molar-refractivity contribution < 1.29 is 24.0 Å². The number of hydroxylamine groups is 2. The number of fused-ring (bicyclic) bond motifs is 1. The van der Waals surface area contributed by atoms with E-state index < -0.39 is 17.8 Å². The zero-order valence-corrected chi connectivity index (χ0v) is 10.00. The highest BCUT2D eigenvalue weighted by molar-refractivity contribution is 6.20. The van der Waals surface area contributed by atoms with Gasteiger partial charge in [0, 0.05) is 5.92 Å². The normalized spacial score (nSPS) is 18.2. The van der Waals surface area contributed by atoms with Crippen LogP contribution < -0.4 is 0 Å². The Morgan fingerprint density at radius 3 is 2.26 bits per heavy atom. The fraction of sp³-hybridized carbons (Fsp3) is 0.308. The van der Waals surface area contributed by atoms with Crippen LogP contribution in [0, 0.1) is 5.92 Å². The molecule has 1 saturated heterocycles. The average molecular weight is 261 g/mol. The number of amides is 2. The van der Waals surface area contributed by atoms with Gasteiger partial charge in [-0.15, -0.1) is 0 Å². The fourth-order valence-electron chi connectivity index (χ4n) is 2.03. The number of carbonyl (C=O) groups is 3. The highest BCUT2D eigenvalue weighted by atomic mass is 16.7. The van der Waals surface area contributed by atoms with Crippen LogP contribution in [0.2, 0.25) is 0 Å².